The zero-order chi connectivity index (χ0) is 22.6. The molecule has 0 amide bonds. The molecule has 1 aliphatic rings. The Morgan fingerprint density at radius 1 is 1.06 bits per heavy atom. The highest BCUT2D eigenvalue weighted by Gasteiger charge is 2.34. The predicted molar refractivity (Wildman–Crippen MR) is 118 cm³/mol. The average molecular weight is 448 g/mol. The minimum atomic E-state index is -3.70. The van der Waals surface area contributed by atoms with Gasteiger partial charge in [-0.25, -0.2) is 22.2 Å². The van der Waals surface area contributed by atoms with Gasteiger partial charge < -0.3 is 4.90 Å². The van der Waals surface area contributed by atoms with Crippen LogP contribution in [-0.4, -0.2) is 49.1 Å². The van der Waals surface area contributed by atoms with Crippen LogP contribution in [0.3, 0.4) is 0 Å². The van der Waals surface area contributed by atoms with Gasteiger partial charge in [0.2, 0.25) is 10.0 Å². The van der Waals surface area contributed by atoms with Gasteiger partial charge in [0, 0.05) is 44.2 Å². The highest BCUT2D eigenvalue weighted by atomic mass is 32.2. The first-order chi connectivity index (χ1) is 14.7. The molecule has 5 nitrogen and oxygen atoms in total. The third kappa shape index (κ3) is 5.57. The van der Waals surface area contributed by atoms with Crippen molar-refractivity contribution in [2.75, 3.05) is 19.6 Å². The normalized spacial score (nSPS) is 18.3. The quantitative estimate of drug-likeness (QED) is 0.492. The van der Waals surface area contributed by atoms with Crippen molar-refractivity contribution in [3.8, 4) is 0 Å². The maximum atomic E-state index is 13.2. The van der Waals surface area contributed by atoms with Crippen LogP contribution < -0.4 is 0 Å². The molecule has 3 rings (SSSR count). The molecule has 0 aliphatic carbocycles. The number of amidine groups is 1. The Labute approximate surface area is 182 Å². The van der Waals surface area contributed by atoms with E-state index in [1.54, 1.807) is 12.1 Å². The van der Waals surface area contributed by atoms with Crippen molar-refractivity contribution in [2.24, 2.45) is 4.99 Å². The molecule has 2 aromatic carbocycles. The lowest BCUT2D eigenvalue weighted by molar-refractivity contribution is 0.203. The van der Waals surface area contributed by atoms with E-state index in [0.29, 0.717) is 38.2 Å². The Hall–Kier alpha value is -2.58. The molecule has 1 aliphatic heterocycles. The van der Waals surface area contributed by atoms with Gasteiger partial charge in [0.1, 0.15) is 17.5 Å². The zero-order valence-electron chi connectivity index (χ0n) is 17.8. The number of allylic oxidation sites excluding steroid dienone is 1. The van der Waals surface area contributed by atoms with Crippen LogP contribution in [-0.2, 0) is 16.4 Å². The van der Waals surface area contributed by atoms with E-state index in [1.165, 1.54) is 28.6 Å². The summed E-state index contributed by atoms with van der Waals surface area (Å²) < 4.78 is 53.7. The predicted octanol–water partition coefficient (Wildman–Crippen LogP) is 4.22. The summed E-state index contributed by atoms with van der Waals surface area (Å²) in [5.74, 6) is 0.0915. The largest absolute Gasteiger partial charge is 0.357 e. The molecule has 31 heavy (non-hydrogen) atoms. The second-order valence-electron chi connectivity index (χ2n) is 7.62. The van der Waals surface area contributed by atoms with Gasteiger partial charge in [-0.3, -0.25) is 0 Å². The first kappa shape index (κ1) is 23.1. The van der Waals surface area contributed by atoms with Crippen LogP contribution >= 0.6 is 0 Å². The molecule has 0 radical (unpaired) electrons. The molecular weight excluding hydrogens is 420 g/mol. The van der Waals surface area contributed by atoms with E-state index in [0.717, 1.165) is 23.5 Å². The Morgan fingerprint density at radius 3 is 2.19 bits per heavy atom. The topological polar surface area (TPSA) is 53.0 Å². The standard InChI is InChI=1S/C23H27F2N3O2S/c1-4-23(26-17(2)15-19-5-7-20(24)8-6-19)27-13-14-28(18(3)16-27)31(29,30)22-11-9-21(25)10-12-22/h5-12,18H,2,4,13-16H2,1,3H3. The van der Waals surface area contributed by atoms with Crippen molar-refractivity contribution in [1.82, 2.24) is 9.21 Å². The Morgan fingerprint density at radius 2 is 1.65 bits per heavy atom. The van der Waals surface area contributed by atoms with Crippen molar-refractivity contribution in [1.29, 1.82) is 0 Å². The van der Waals surface area contributed by atoms with Crippen LogP contribution in [0.25, 0.3) is 0 Å². The van der Waals surface area contributed by atoms with Crippen LogP contribution in [0.4, 0.5) is 8.78 Å². The molecular formula is C23H27F2N3O2S. The molecule has 1 heterocycles. The van der Waals surface area contributed by atoms with Crippen LogP contribution in [0.2, 0.25) is 0 Å². The van der Waals surface area contributed by atoms with Gasteiger partial charge in [-0.2, -0.15) is 4.31 Å². The van der Waals surface area contributed by atoms with Gasteiger partial charge in [-0.05, 0) is 48.9 Å². The summed E-state index contributed by atoms with van der Waals surface area (Å²) in [6.07, 6.45) is 1.19. The summed E-state index contributed by atoms with van der Waals surface area (Å²) in [6, 6.07) is 10.9. The lowest BCUT2D eigenvalue weighted by Crippen LogP contribution is -2.55. The number of aliphatic imine (C=N–C) groups is 1. The van der Waals surface area contributed by atoms with Crippen molar-refractivity contribution in [3.05, 3.63) is 78.0 Å². The van der Waals surface area contributed by atoms with Gasteiger partial charge >= 0.3 is 0 Å². The number of hydrogen-bond acceptors (Lipinski definition) is 3. The lowest BCUT2D eigenvalue weighted by atomic mass is 10.1. The van der Waals surface area contributed by atoms with Crippen LogP contribution in [0, 0.1) is 11.6 Å². The van der Waals surface area contributed by atoms with Gasteiger partial charge in [0.25, 0.3) is 0 Å². The third-order valence-corrected chi connectivity index (χ3v) is 7.30. The number of rotatable bonds is 6. The first-order valence-corrected chi connectivity index (χ1v) is 11.7. The van der Waals surface area contributed by atoms with Crippen LogP contribution in [0.15, 0.2) is 70.7 Å². The lowest BCUT2D eigenvalue weighted by Gasteiger charge is -2.40. The summed E-state index contributed by atoms with van der Waals surface area (Å²) in [4.78, 5) is 6.84. The van der Waals surface area contributed by atoms with E-state index in [4.69, 9.17) is 0 Å². The van der Waals surface area contributed by atoms with E-state index in [2.05, 4.69) is 16.5 Å². The number of sulfonamides is 1. The third-order valence-electron chi connectivity index (χ3n) is 5.28. The van der Waals surface area contributed by atoms with Crippen molar-refractivity contribution >= 4 is 15.9 Å². The molecule has 1 unspecified atom stereocenters. The van der Waals surface area contributed by atoms with E-state index in [1.807, 2.05) is 13.8 Å². The maximum Gasteiger partial charge on any atom is 0.243 e. The van der Waals surface area contributed by atoms with E-state index < -0.39 is 15.8 Å². The molecule has 0 aromatic heterocycles. The molecule has 166 valence electrons. The van der Waals surface area contributed by atoms with Crippen molar-refractivity contribution in [3.63, 3.8) is 0 Å². The summed E-state index contributed by atoms with van der Waals surface area (Å²) >= 11 is 0. The van der Waals surface area contributed by atoms with E-state index in [9.17, 15) is 17.2 Å². The maximum absolute atomic E-state index is 13.2. The van der Waals surface area contributed by atoms with Crippen LogP contribution in [0.1, 0.15) is 25.8 Å². The molecule has 8 heteroatoms. The molecule has 0 saturated carbocycles. The minimum Gasteiger partial charge on any atom is -0.357 e. The van der Waals surface area contributed by atoms with Gasteiger partial charge in [0.05, 0.1) is 4.90 Å². The molecule has 1 atom stereocenters. The highest BCUT2D eigenvalue weighted by Crippen LogP contribution is 2.22. The first-order valence-electron chi connectivity index (χ1n) is 10.2. The average Bonchev–Trinajstić information content (AvgIpc) is 2.73. The SMILES string of the molecule is C=C(Cc1ccc(F)cc1)N=C(CC)N1CCN(S(=O)(=O)c2ccc(F)cc2)C(C)C1. The summed E-state index contributed by atoms with van der Waals surface area (Å²) in [5.41, 5.74) is 1.59. The number of benzene rings is 2. The summed E-state index contributed by atoms with van der Waals surface area (Å²) in [7, 11) is -3.70. The highest BCUT2D eigenvalue weighted by molar-refractivity contribution is 7.89. The van der Waals surface area contributed by atoms with Crippen molar-refractivity contribution in [2.45, 2.75) is 37.6 Å². The summed E-state index contributed by atoms with van der Waals surface area (Å²) in [5, 5.41) is 0. The second kappa shape index (κ2) is 9.70. The van der Waals surface area contributed by atoms with E-state index >= 15 is 0 Å². The second-order valence-corrected chi connectivity index (χ2v) is 9.51. The number of hydrogen-bond donors (Lipinski definition) is 0. The van der Waals surface area contributed by atoms with Gasteiger partial charge in [0.15, 0.2) is 0 Å². The molecule has 1 saturated heterocycles. The Bertz CT molecular complexity index is 1050. The van der Waals surface area contributed by atoms with Crippen molar-refractivity contribution < 1.29 is 17.2 Å². The molecule has 2 aromatic rings. The fourth-order valence-electron chi connectivity index (χ4n) is 3.71. The Kier molecular flexibility index (Phi) is 7.23. The molecule has 0 spiro atoms. The fourth-order valence-corrected chi connectivity index (χ4v) is 5.32. The number of nitrogens with zero attached hydrogens (tertiary/aromatic N) is 3. The fraction of sp³-hybridized carbons (Fsp3) is 0.348. The number of halogens is 2. The van der Waals surface area contributed by atoms with Gasteiger partial charge in [-0.1, -0.05) is 25.6 Å². The molecule has 0 N–H and O–H groups in total. The number of piperazine rings is 1. The van der Waals surface area contributed by atoms with Crippen LogP contribution in [0.5, 0.6) is 0 Å². The molecule has 1 fully saturated rings. The smallest absolute Gasteiger partial charge is 0.243 e. The minimum absolute atomic E-state index is 0.0891. The molecule has 0 bridgehead atoms. The Balaban J connectivity index is 1.69. The van der Waals surface area contributed by atoms with Gasteiger partial charge in [-0.15, -0.1) is 0 Å². The summed E-state index contributed by atoms with van der Waals surface area (Å²) in [6.45, 7) is 9.19. The zero-order valence-corrected chi connectivity index (χ0v) is 18.6. The monoisotopic (exact) mass is 447 g/mol. The van der Waals surface area contributed by atoms with E-state index in [-0.39, 0.29) is 16.8 Å².